The summed E-state index contributed by atoms with van der Waals surface area (Å²) in [6.07, 6.45) is 0. The quantitative estimate of drug-likeness (QED) is 0.407. The Morgan fingerprint density at radius 1 is 1.18 bits per heavy atom. The maximum absolute atomic E-state index is 12.9. The summed E-state index contributed by atoms with van der Waals surface area (Å²) < 4.78 is 43.1. The van der Waals surface area contributed by atoms with E-state index in [1.807, 2.05) is 0 Å². The third-order valence-corrected chi connectivity index (χ3v) is 5.37. The lowest BCUT2D eigenvalue weighted by Gasteiger charge is -2.08. The number of hydrogen-bond donors (Lipinski definition) is 0. The van der Waals surface area contributed by atoms with Gasteiger partial charge in [-0.05, 0) is 23.7 Å². The zero-order chi connectivity index (χ0) is 16.7. The number of esters is 1. The highest BCUT2D eigenvalue weighted by Gasteiger charge is 2.23. The summed E-state index contributed by atoms with van der Waals surface area (Å²) in [7, 11) is -5.00. The van der Waals surface area contributed by atoms with E-state index >= 15 is 0 Å². The molecule has 1 heterocycles. The van der Waals surface area contributed by atoms with Gasteiger partial charge in [-0.3, -0.25) is 0 Å². The van der Waals surface area contributed by atoms with Crippen LogP contribution in [0.25, 0.3) is 0 Å². The molecule has 1 aromatic heterocycles. The van der Waals surface area contributed by atoms with Crippen LogP contribution in [0.15, 0.2) is 17.0 Å². The third-order valence-electron chi connectivity index (χ3n) is 2.23. The zero-order valence-corrected chi connectivity index (χ0v) is 14.6. The molecule has 0 N–H and O–H groups in total. The first-order valence-corrected chi connectivity index (χ1v) is 8.74. The summed E-state index contributed by atoms with van der Waals surface area (Å²) in [5.41, 5.74) is 0. The molecule has 5 nitrogen and oxygen atoms in total. The van der Waals surface area contributed by atoms with Crippen LogP contribution in [0.1, 0.15) is 9.67 Å². The lowest BCUT2D eigenvalue weighted by molar-refractivity contribution is 0.0740. The van der Waals surface area contributed by atoms with Gasteiger partial charge in [-0.2, -0.15) is 12.8 Å². The molecule has 0 fully saturated rings. The van der Waals surface area contributed by atoms with Crippen molar-refractivity contribution in [1.29, 1.82) is 0 Å². The number of halogens is 5. The molecule has 1 aromatic carbocycles. The van der Waals surface area contributed by atoms with Crippen molar-refractivity contribution in [2.75, 3.05) is 0 Å². The van der Waals surface area contributed by atoms with Gasteiger partial charge in [0, 0.05) is 0 Å². The van der Waals surface area contributed by atoms with Crippen molar-refractivity contribution >= 4 is 74.1 Å². The molecule has 0 spiro atoms. The molecule has 118 valence electrons. The molecule has 0 aliphatic rings. The Bertz CT molecular complexity index is 845. The summed E-state index contributed by atoms with van der Waals surface area (Å²) in [6, 6.07) is 1.51. The van der Waals surface area contributed by atoms with E-state index < -0.39 is 21.1 Å². The van der Waals surface area contributed by atoms with Gasteiger partial charge in [0.2, 0.25) is 0 Å². The Morgan fingerprint density at radius 2 is 1.73 bits per heavy atom. The number of nitrogens with zero attached hydrogens (tertiary/aromatic N) is 1. The Hall–Kier alpha value is -0.640. The van der Waals surface area contributed by atoms with Crippen molar-refractivity contribution in [2.45, 2.75) is 4.90 Å². The molecule has 12 heteroatoms. The van der Waals surface area contributed by atoms with Crippen LogP contribution in [0.5, 0.6) is 5.75 Å². The lowest BCUT2D eigenvalue weighted by Crippen LogP contribution is -2.08. The van der Waals surface area contributed by atoms with Gasteiger partial charge in [0.1, 0.15) is 9.92 Å². The third kappa shape index (κ3) is 3.64. The smallest absolute Gasteiger partial charge is 0.357 e. The van der Waals surface area contributed by atoms with E-state index in [2.05, 4.69) is 4.37 Å². The van der Waals surface area contributed by atoms with Gasteiger partial charge in [0.05, 0.1) is 10.0 Å². The first-order valence-electron chi connectivity index (χ1n) is 5.08. The van der Waals surface area contributed by atoms with Crippen molar-refractivity contribution in [3.63, 3.8) is 0 Å². The first kappa shape index (κ1) is 17.7. The van der Waals surface area contributed by atoms with E-state index in [1.165, 1.54) is 0 Å². The molecule has 0 aliphatic carbocycles. The number of ether oxygens (including phenoxy) is 1. The number of carbonyl (C=O) groups is 1. The minimum Gasteiger partial charge on any atom is -0.419 e. The maximum atomic E-state index is 12.9. The average molecular weight is 425 g/mol. The topological polar surface area (TPSA) is 73.3 Å². The summed E-state index contributed by atoms with van der Waals surface area (Å²) in [5, 5.41) is -0.922. The molecule has 0 saturated heterocycles. The molecular formula is C10H2Cl4FNO4S2. The summed E-state index contributed by atoms with van der Waals surface area (Å²) in [5.74, 6) is -1.30. The van der Waals surface area contributed by atoms with Gasteiger partial charge < -0.3 is 4.74 Å². The van der Waals surface area contributed by atoms with Crippen LogP contribution in [-0.2, 0) is 10.2 Å². The molecule has 0 radical (unpaired) electrons. The summed E-state index contributed by atoms with van der Waals surface area (Å²) in [6.45, 7) is 0. The molecule has 0 aliphatic heterocycles. The Labute approximate surface area is 147 Å². The summed E-state index contributed by atoms with van der Waals surface area (Å²) >= 11 is 23.6. The van der Waals surface area contributed by atoms with E-state index in [-0.39, 0.29) is 30.8 Å². The monoisotopic (exact) mass is 423 g/mol. The second-order valence-electron chi connectivity index (χ2n) is 3.66. The van der Waals surface area contributed by atoms with Crippen LogP contribution in [-0.4, -0.2) is 18.8 Å². The van der Waals surface area contributed by atoms with Gasteiger partial charge in [0.15, 0.2) is 15.8 Å². The Morgan fingerprint density at radius 3 is 2.14 bits per heavy atom. The number of rotatable bonds is 3. The largest absolute Gasteiger partial charge is 0.419 e. The normalized spacial score (nSPS) is 11.5. The standard InChI is InChI=1S/C10H2Cl4FNO4S2/c11-4-1-3(22(15,18)19)2-5(12)7(4)20-10(17)8-6(13)9(14)16-21-8/h1-2H. The van der Waals surface area contributed by atoms with Crippen molar-refractivity contribution in [2.24, 2.45) is 0 Å². The Kier molecular flexibility index (Phi) is 5.20. The van der Waals surface area contributed by atoms with Gasteiger partial charge in [-0.15, -0.1) is 3.89 Å². The van der Waals surface area contributed by atoms with Crippen molar-refractivity contribution < 1.29 is 21.8 Å². The second-order valence-corrected chi connectivity index (χ2v) is 7.33. The highest BCUT2D eigenvalue weighted by molar-refractivity contribution is 7.86. The lowest BCUT2D eigenvalue weighted by atomic mass is 10.3. The van der Waals surface area contributed by atoms with E-state index in [0.717, 1.165) is 12.1 Å². The van der Waals surface area contributed by atoms with Gasteiger partial charge in [0.25, 0.3) is 0 Å². The average Bonchev–Trinajstić information content (AvgIpc) is 2.73. The fraction of sp³-hybridized carbons (Fsp3) is 0. The predicted octanol–water partition coefficient (Wildman–Crippen LogP) is 4.63. The molecule has 0 bridgehead atoms. The van der Waals surface area contributed by atoms with E-state index in [9.17, 15) is 17.1 Å². The first-order chi connectivity index (χ1) is 10.1. The molecule has 22 heavy (non-hydrogen) atoms. The fourth-order valence-corrected chi connectivity index (χ4v) is 3.59. The van der Waals surface area contributed by atoms with Crippen LogP contribution >= 0.6 is 57.9 Å². The maximum Gasteiger partial charge on any atom is 0.357 e. The van der Waals surface area contributed by atoms with E-state index in [0.29, 0.717) is 11.5 Å². The van der Waals surface area contributed by atoms with Crippen LogP contribution in [0.2, 0.25) is 20.2 Å². The van der Waals surface area contributed by atoms with Crippen molar-refractivity contribution in [3.8, 4) is 5.75 Å². The highest BCUT2D eigenvalue weighted by Crippen LogP contribution is 2.37. The van der Waals surface area contributed by atoms with Crippen LogP contribution in [0, 0.1) is 0 Å². The van der Waals surface area contributed by atoms with Gasteiger partial charge in [-0.25, -0.2) is 4.79 Å². The minimum atomic E-state index is -5.00. The molecular weight excluding hydrogens is 423 g/mol. The van der Waals surface area contributed by atoms with Crippen LogP contribution in [0.4, 0.5) is 3.89 Å². The predicted molar refractivity (Wildman–Crippen MR) is 81.8 cm³/mol. The Balaban J connectivity index is 2.39. The molecule has 2 aromatic rings. The number of benzene rings is 1. The fourth-order valence-electron chi connectivity index (χ4n) is 1.30. The number of hydrogen-bond acceptors (Lipinski definition) is 6. The molecule has 0 atom stereocenters. The summed E-state index contributed by atoms with van der Waals surface area (Å²) in [4.78, 5) is 11.1. The molecule has 0 saturated carbocycles. The molecule has 2 rings (SSSR count). The highest BCUT2D eigenvalue weighted by atomic mass is 35.5. The van der Waals surface area contributed by atoms with Crippen LogP contribution < -0.4 is 4.74 Å². The minimum absolute atomic E-state index is 0.0744. The number of aromatic nitrogens is 1. The SMILES string of the molecule is O=C(Oc1c(Cl)cc(S(=O)(=O)F)cc1Cl)c1snc(Cl)c1Cl. The van der Waals surface area contributed by atoms with Gasteiger partial charge >= 0.3 is 16.2 Å². The van der Waals surface area contributed by atoms with Crippen LogP contribution in [0.3, 0.4) is 0 Å². The zero-order valence-electron chi connectivity index (χ0n) is 9.94. The van der Waals surface area contributed by atoms with Crippen molar-refractivity contribution in [1.82, 2.24) is 4.37 Å². The van der Waals surface area contributed by atoms with Gasteiger partial charge in [-0.1, -0.05) is 46.4 Å². The van der Waals surface area contributed by atoms with E-state index in [4.69, 9.17) is 51.1 Å². The number of carbonyl (C=O) groups excluding carboxylic acids is 1. The second kappa shape index (κ2) is 6.46. The molecule has 0 amide bonds. The molecule has 0 unspecified atom stereocenters. The van der Waals surface area contributed by atoms with E-state index in [1.54, 1.807) is 0 Å². The van der Waals surface area contributed by atoms with Crippen molar-refractivity contribution in [3.05, 3.63) is 37.2 Å².